The molecule has 0 aliphatic rings. The number of hydrogen-bond donors (Lipinski definition) is 1. The number of aromatic nitrogens is 2. The van der Waals surface area contributed by atoms with Crippen molar-refractivity contribution in [2.45, 2.75) is 13.5 Å². The van der Waals surface area contributed by atoms with E-state index >= 15 is 0 Å². The maximum atomic E-state index is 8.58. The number of nitriles is 2. The largest absolute Gasteiger partial charge is 0.489 e. The van der Waals surface area contributed by atoms with Crippen molar-refractivity contribution in [2.75, 3.05) is 5.43 Å². The van der Waals surface area contributed by atoms with Gasteiger partial charge in [0.2, 0.25) is 5.71 Å². The van der Waals surface area contributed by atoms with Gasteiger partial charge in [0.05, 0.1) is 11.9 Å². The van der Waals surface area contributed by atoms with E-state index in [1.165, 1.54) is 0 Å². The van der Waals surface area contributed by atoms with E-state index in [2.05, 4.69) is 15.6 Å². The summed E-state index contributed by atoms with van der Waals surface area (Å²) in [4.78, 5) is 0. The fraction of sp³-hybridized carbons (Fsp3) is 0.200. The van der Waals surface area contributed by atoms with E-state index in [0.717, 1.165) is 11.3 Å². The zero-order valence-electron chi connectivity index (χ0n) is 12.2. The normalized spacial score (nSPS) is 9.45. The predicted molar refractivity (Wildman–Crippen MR) is 81.0 cm³/mol. The quantitative estimate of drug-likeness (QED) is 0.672. The van der Waals surface area contributed by atoms with E-state index < -0.39 is 0 Å². The lowest BCUT2D eigenvalue weighted by molar-refractivity contribution is 0.305. The average Bonchev–Trinajstić information content (AvgIpc) is 2.87. The lowest BCUT2D eigenvalue weighted by atomic mass is 10.3. The average molecular weight is 294 g/mol. The lowest BCUT2D eigenvalue weighted by Crippen LogP contribution is -1.99. The van der Waals surface area contributed by atoms with Gasteiger partial charge in [-0.1, -0.05) is 0 Å². The molecule has 0 amide bonds. The van der Waals surface area contributed by atoms with Crippen LogP contribution in [0.25, 0.3) is 0 Å². The molecule has 1 aromatic heterocycles. The maximum Gasteiger partial charge on any atom is 0.237 e. The van der Waals surface area contributed by atoms with Crippen LogP contribution in [0.3, 0.4) is 0 Å². The first-order valence-corrected chi connectivity index (χ1v) is 6.48. The fourth-order valence-corrected chi connectivity index (χ4v) is 1.67. The number of nitrogens with one attached hydrogen (secondary N) is 1. The van der Waals surface area contributed by atoms with Crippen molar-refractivity contribution in [3.8, 4) is 17.9 Å². The van der Waals surface area contributed by atoms with E-state index in [1.54, 1.807) is 47.3 Å². The number of ether oxygens (including phenoxy) is 1. The highest BCUT2D eigenvalue weighted by molar-refractivity contribution is 6.10. The third-order valence-corrected chi connectivity index (χ3v) is 3.09. The van der Waals surface area contributed by atoms with Crippen LogP contribution in [-0.2, 0) is 13.7 Å². The van der Waals surface area contributed by atoms with Crippen LogP contribution in [0.2, 0.25) is 0 Å². The summed E-state index contributed by atoms with van der Waals surface area (Å²) in [6.45, 7) is 2.43. The van der Waals surface area contributed by atoms with Crippen LogP contribution >= 0.6 is 0 Å². The second kappa shape index (κ2) is 6.91. The minimum atomic E-state index is -0.229. The zero-order chi connectivity index (χ0) is 15.9. The van der Waals surface area contributed by atoms with E-state index in [4.69, 9.17) is 15.3 Å². The summed E-state index contributed by atoms with van der Waals surface area (Å²) in [5.74, 6) is 0.707. The van der Waals surface area contributed by atoms with Gasteiger partial charge in [0.15, 0.2) is 0 Å². The maximum absolute atomic E-state index is 8.58. The van der Waals surface area contributed by atoms with Gasteiger partial charge in [0.1, 0.15) is 24.5 Å². The second-order valence-corrected chi connectivity index (χ2v) is 4.49. The molecule has 0 saturated heterocycles. The van der Waals surface area contributed by atoms with Gasteiger partial charge in [0.25, 0.3) is 0 Å². The molecule has 7 nitrogen and oxygen atoms in total. The van der Waals surface area contributed by atoms with Crippen LogP contribution in [0.1, 0.15) is 11.3 Å². The third-order valence-electron chi connectivity index (χ3n) is 3.09. The Hall–Kier alpha value is -3.32. The van der Waals surface area contributed by atoms with E-state index in [-0.39, 0.29) is 5.71 Å². The highest BCUT2D eigenvalue weighted by Crippen LogP contribution is 2.17. The van der Waals surface area contributed by atoms with Crippen LogP contribution in [0, 0.1) is 29.6 Å². The summed E-state index contributed by atoms with van der Waals surface area (Å²) in [5, 5.41) is 25.0. The molecule has 0 aliphatic heterocycles. The molecule has 2 aromatic rings. The summed E-state index contributed by atoms with van der Waals surface area (Å²) < 4.78 is 7.48. The first-order valence-electron chi connectivity index (χ1n) is 6.48. The number of nitrogens with zero attached hydrogens (tertiary/aromatic N) is 5. The molecule has 0 unspecified atom stereocenters. The molecule has 110 valence electrons. The smallest absolute Gasteiger partial charge is 0.237 e. The molecule has 0 spiro atoms. The first-order chi connectivity index (χ1) is 10.6. The van der Waals surface area contributed by atoms with Crippen molar-refractivity contribution in [1.29, 1.82) is 10.5 Å². The second-order valence-electron chi connectivity index (χ2n) is 4.49. The lowest BCUT2D eigenvalue weighted by Gasteiger charge is -2.07. The number of anilines is 1. The minimum Gasteiger partial charge on any atom is -0.489 e. The third kappa shape index (κ3) is 3.62. The van der Waals surface area contributed by atoms with Gasteiger partial charge < -0.3 is 4.74 Å². The topological polar surface area (TPSA) is 99.0 Å². The number of aryl methyl sites for hydroxylation is 1. The van der Waals surface area contributed by atoms with Crippen molar-refractivity contribution in [1.82, 2.24) is 9.78 Å². The Morgan fingerprint density at radius 3 is 2.55 bits per heavy atom. The Bertz CT molecular complexity index is 745. The monoisotopic (exact) mass is 294 g/mol. The Kier molecular flexibility index (Phi) is 4.74. The molecule has 0 saturated carbocycles. The Balaban J connectivity index is 1.95. The van der Waals surface area contributed by atoms with Gasteiger partial charge in [-0.15, -0.1) is 0 Å². The van der Waals surface area contributed by atoms with Crippen LogP contribution in [0.4, 0.5) is 5.69 Å². The van der Waals surface area contributed by atoms with Crippen LogP contribution in [0.5, 0.6) is 5.75 Å². The molecule has 7 heteroatoms. The van der Waals surface area contributed by atoms with E-state index in [0.29, 0.717) is 18.0 Å². The number of benzene rings is 1. The summed E-state index contributed by atoms with van der Waals surface area (Å²) in [6.07, 6.45) is 1.78. The number of rotatable bonds is 5. The van der Waals surface area contributed by atoms with Crippen molar-refractivity contribution in [3.05, 3.63) is 41.7 Å². The van der Waals surface area contributed by atoms with Gasteiger partial charge in [0, 0.05) is 18.3 Å². The highest BCUT2D eigenvalue weighted by atomic mass is 16.5. The Morgan fingerprint density at radius 2 is 2.00 bits per heavy atom. The molecule has 0 atom stereocenters. The van der Waals surface area contributed by atoms with Crippen molar-refractivity contribution in [2.24, 2.45) is 12.1 Å². The van der Waals surface area contributed by atoms with Gasteiger partial charge in [-0.25, -0.2) is 0 Å². The van der Waals surface area contributed by atoms with Crippen molar-refractivity contribution in [3.63, 3.8) is 0 Å². The summed E-state index contributed by atoms with van der Waals surface area (Å²) in [5.41, 5.74) is 5.16. The fourth-order valence-electron chi connectivity index (χ4n) is 1.67. The number of hydrogen-bond acceptors (Lipinski definition) is 6. The molecule has 22 heavy (non-hydrogen) atoms. The van der Waals surface area contributed by atoms with Crippen molar-refractivity contribution >= 4 is 11.4 Å². The summed E-state index contributed by atoms with van der Waals surface area (Å²) in [7, 11) is 1.89. The van der Waals surface area contributed by atoms with E-state index in [1.807, 2.05) is 14.0 Å². The van der Waals surface area contributed by atoms with Crippen molar-refractivity contribution < 1.29 is 4.74 Å². The zero-order valence-corrected chi connectivity index (χ0v) is 12.2. The van der Waals surface area contributed by atoms with Gasteiger partial charge >= 0.3 is 0 Å². The Morgan fingerprint density at radius 1 is 1.32 bits per heavy atom. The van der Waals surface area contributed by atoms with Gasteiger partial charge in [-0.3, -0.25) is 10.1 Å². The van der Waals surface area contributed by atoms with Crippen LogP contribution in [-0.4, -0.2) is 15.5 Å². The predicted octanol–water partition coefficient (Wildman–Crippen LogP) is 2.12. The van der Waals surface area contributed by atoms with Crippen LogP contribution < -0.4 is 10.2 Å². The summed E-state index contributed by atoms with van der Waals surface area (Å²) >= 11 is 0. The summed E-state index contributed by atoms with van der Waals surface area (Å²) in [6, 6.07) is 10.4. The SMILES string of the molecule is Cc1c(COc2ccc(NN=C(C#N)C#N)cc2)cnn1C. The van der Waals surface area contributed by atoms with Gasteiger partial charge in [-0.05, 0) is 31.2 Å². The molecule has 1 heterocycles. The molecular formula is C15H14N6O. The molecule has 0 bridgehead atoms. The first kappa shape index (κ1) is 15.1. The number of hydrazone groups is 1. The standard InChI is InChI=1S/C15H14N6O/c1-11-12(9-18-21(11)2)10-22-15-5-3-13(4-6-15)19-20-14(7-16)8-17/h3-6,9,19H,10H2,1-2H3. The molecular weight excluding hydrogens is 280 g/mol. The molecule has 0 radical (unpaired) electrons. The molecule has 1 aromatic carbocycles. The molecule has 0 fully saturated rings. The van der Waals surface area contributed by atoms with Gasteiger partial charge in [-0.2, -0.15) is 20.7 Å². The molecule has 0 aliphatic carbocycles. The highest BCUT2D eigenvalue weighted by Gasteiger charge is 2.04. The molecule has 2 rings (SSSR count). The Labute approximate surface area is 128 Å². The molecule has 1 N–H and O–H groups in total. The minimum absolute atomic E-state index is 0.229. The van der Waals surface area contributed by atoms with Crippen LogP contribution in [0.15, 0.2) is 35.6 Å². The van der Waals surface area contributed by atoms with E-state index in [9.17, 15) is 0 Å².